The standard InChI is InChI=1S/C20H24F2N4O/c1-23-20(24-12-11-15-5-4-6-17(21)18(15)22)25-13-14-7-9-16(10-8-14)19(27)26(2)3/h4-10H,11-13H2,1-3H3,(H2,23,24,25). The molecular weight excluding hydrogens is 350 g/mol. The number of aliphatic imine (C=N–C) groups is 1. The summed E-state index contributed by atoms with van der Waals surface area (Å²) >= 11 is 0. The number of hydrogen-bond donors (Lipinski definition) is 2. The van der Waals surface area contributed by atoms with E-state index >= 15 is 0 Å². The zero-order valence-electron chi connectivity index (χ0n) is 15.7. The van der Waals surface area contributed by atoms with Gasteiger partial charge in [-0.15, -0.1) is 0 Å². The highest BCUT2D eigenvalue weighted by Gasteiger charge is 2.08. The van der Waals surface area contributed by atoms with Crippen LogP contribution in [0.3, 0.4) is 0 Å². The summed E-state index contributed by atoms with van der Waals surface area (Å²) in [6, 6.07) is 11.5. The van der Waals surface area contributed by atoms with Gasteiger partial charge in [0.1, 0.15) is 0 Å². The van der Waals surface area contributed by atoms with Gasteiger partial charge in [0.25, 0.3) is 5.91 Å². The molecule has 0 aliphatic rings. The van der Waals surface area contributed by atoms with Gasteiger partial charge in [-0.2, -0.15) is 0 Å². The van der Waals surface area contributed by atoms with Crippen molar-refractivity contribution in [3.05, 3.63) is 70.8 Å². The summed E-state index contributed by atoms with van der Waals surface area (Å²) in [7, 11) is 5.06. The SMILES string of the molecule is CN=C(NCCc1cccc(F)c1F)NCc1ccc(C(=O)N(C)C)cc1. The number of benzene rings is 2. The highest BCUT2D eigenvalue weighted by Crippen LogP contribution is 2.11. The summed E-state index contributed by atoms with van der Waals surface area (Å²) in [5.74, 6) is -1.14. The minimum Gasteiger partial charge on any atom is -0.356 e. The molecule has 0 radical (unpaired) electrons. The van der Waals surface area contributed by atoms with Gasteiger partial charge in [0.05, 0.1) is 0 Å². The second-order valence-corrected chi connectivity index (χ2v) is 6.21. The minimum atomic E-state index is -0.841. The Morgan fingerprint density at radius 1 is 1.07 bits per heavy atom. The van der Waals surface area contributed by atoms with E-state index in [0.717, 1.165) is 11.6 Å². The lowest BCUT2D eigenvalue weighted by molar-refractivity contribution is 0.0827. The third-order valence-corrected chi connectivity index (χ3v) is 4.01. The maximum Gasteiger partial charge on any atom is 0.253 e. The summed E-state index contributed by atoms with van der Waals surface area (Å²) in [5, 5.41) is 6.21. The van der Waals surface area contributed by atoms with Crippen LogP contribution in [-0.2, 0) is 13.0 Å². The number of halogens is 2. The molecular formula is C20H24F2N4O. The molecule has 0 fully saturated rings. The second-order valence-electron chi connectivity index (χ2n) is 6.21. The Labute approximate surface area is 158 Å². The van der Waals surface area contributed by atoms with Crippen LogP contribution in [0.25, 0.3) is 0 Å². The van der Waals surface area contributed by atoms with Crippen molar-refractivity contribution in [2.75, 3.05) is 27.7 Å². The van der Waals surface area contributed by atoms with Gasteiger partial charge in [-0.25, -0.2) is 8.78 Å². The molecule has 0 heterocycles. The number of hydrogen-bond acceptors (Lipinski definition) is 2. The molecule has 0 aliphatic carbocycles. The molecule has 0 spiro atoms. The Morgan fingerprint density at radius 2 is 1.78 bits per heavy atom. The molecule has 0 saturated heterocycles. The number of amides is 1. The lowest BCUT2D eigenvalue weighted by atomic mass is 10.1. The van der Waals surface area contributed by atoms with Crippen LogP contribution >= 0.6 is 0 Å². The Morgan fingerprint density at radius 3 is 2.41 bits per heavy atom. The van der Waals surface area contributed by atoms with Gasteiger partial charge >= 0.3 is 0 Å². The van der Waals surface area contributed by atoms with E-state index < -0.39 is 11.6 Å². The monoisotopic (exact) mass is 374 g/mol. The first-order chi connectivity index (χ1) is 12.9. The maximum atomic E-state index is 13.6. The van der Waals surface area contributed by atoms with Crippen molar-refractivity contribution in [2.45, 2.75) is 13.0 Å². The number of nitrogens with zero attached hydrogens (tertiary/aromatic N) is 2. The van der Waals surface area contributed by atoms with E-state index in [2.05, 4.69) is 15.6 Å². The number of nitrogens with one attached hydrogen (secondary N) is 2. The van der Waals surface area contributed by atoms with Crippen LogP contribution < -0.4 is 10.6 Å². The largest absolute Gasteiger partial charge is 0.356 e. The third kappa shape index (κ3) is 5.77. The van der Waals surface area contributed by atoms with Crippen molar-refractivity contribution in [3.8, 4) is 0 Å². The average Bonchev–Trinajstić information content (AvgIpc) is 2.67. The topological polar surface area (TPSA) is 56.7 Å². The molecule has 0 saturated carbocycles. The Hall–Kier alpha value is -2.96. The molecule has 0 aliphatic heterocycles. The van der Waals surface area contributed by atoms with Gasteiger partial charge in [0.15, 0.2) is 17.6 Å². The van der Waals surface area contributed by atoms with E-state index in [4.69, 9.17) is 0 Å². The first-order valence-corrected chi connectivity index (χ1v) is 8.60. The van der Waals surface area contributed by atoms with Crippen molar-refractivity contribution in [3.63, 3.8) is 0 Å². The number of carbonyl (C=O) groups excluding carboxylic acids is 1. The summed E-state index contributed by atoms with van der Waals surface area (Å²) < 4.78 is 26.8. The molecule has 0 atom stereocenters. The average molecular weight is 374 g/mol. The smallest absolute Gasteiger partial charge is 0.253 e. The first kappa shape index (κ1) is 20.4. The normalized spacial score (nSPS) is 11.2. The first-order valence-electron chi connectivity index (χ1n) is 8.60. The van der Waals surface area contributed by atoms with Crippen molar-refractivity contribution in [1.29, 1.82) is 0 Å². The van der Waals surface area contributed by atoms with E-state index in [-0.39, 0.29) is 5.91 Å². The van der Waals surface area contributed by atoms with Crippen molar-refractivity contribution in [2.24, 2.45) is 4.99 Å². The van der Waals surface area contributed by atoms with Gasteiger partial charge in [0.2, 0.25) is 0 Å². The summed E-state index contributed by atoms with van der Waals surface area (Å²) in [4.78, 5) is 17.5. The Bertz CT molecular complexity index is 804. The van der Waals surface area contributed by atoms with Crippen molar-refractivity contribution in [1.82, 2.24) is 15.5 Å². The lowest BCUT2D eigenvalue weighted by Crippen LogP contribution is -2.37. The fraction of sp³-hybridized carbons (Fsp3) is 0.300. The summed E-state index contributed by atoms with van der Waals surface area (Å²) in [6.07, 6.45) is 0.339. The summed E-state index contributed by atoms with van der Waals surface area (Å²) in [5.41, 5.74) is 1.94. The maximum absolute atomic E-state index is 13.6. The van der Waals surface area contributed by atoms with Gasteiger partial charge < -0.3 is 15.5 Å². The molecule has 1 amide bonds. The molecule has 0 unspecified atom stereocenters. The van der Waals surface area contributed by atoms with Crippen LogP contribution in [0.2, 0.25) is 0 Å². The highest BCUT2D eigenvalue weighted by molar-refractivity contribution is 5.93. The Kier molecular flexibility index (Phi) is 7.28. The predicted octanol–water partition coefficient (Wildman–Crippen LogP) is 2.57. The second kappa shape index (κ2) is 9.66. The van der Waals surface area contributed by atoms with Gasteiger partial charge in [-0.3, -0.25) is 9.79 Å². The zero-order chi connectivity index (χ0) is 19.8. The van der Waals surface area contributed by atoms with E-state index in [9.17, 15) is 13.6 Å². The minimum absolute atomic E-state index is 0.0448. The summed E-state index contributed by atoms with van der Waals surface area (Å²) in [6.45, 7) is 0.931. The predicted molar refractivity (Wildman–Crippen MR) is 103 cm³/mol. The molecule has 2 N–H and O–H groups in total. The molecule has 5 nitrogen and oxygen atoms in total. The van der Waals surface area contributed by atoms with Gasteiger partial charge in [-0.05, 0) is 35.7 Å². The quantitative estimate of drug-likeness (QED) is 0.604. The zero-order valence-corrected chi connectivity index (χ0v) is 15.7. The fourth-order valence-corrected chi connectivity index (χ4v) is 2.49. The van der Waals surface area contributed by atoms with Crippen molar-refractivity contribution < 1.29 is 13.6 Å². The van der Waals surface area contributed by atoms with Crippen LogP contribution in [0, 0.1) is 11.6 Å². The van der Waals surface area contributed by atoms with E-state index in [1.54, 1.807) is 39.3 Å². The molecule has 144 valence electrons. The van der Waals surface area contributed by atoms with E-state index in [1.165, 1.54) is 11.0 Å². The molecule has 2 rings (SSSR count). The Balaban J connectivity index is 1.83. The molecule has 2 aromatic carbocycles. The van der Waals surface area contributed by atoms with Crippen LogP contribution in [-0.4, -0.2) is 44.5 Å². The number of carbonyl (C=O) groups is 1. The van der Waals surface area contributed by atoms with E-state index in [0.29, 0.717) is 36.6 Å². The fourth-order valence-electron chi connectivity index (χ4n) is 2.49. The van der Waals surface area contributed by atoms with Gasteiger partial charge in [-0.1, -0.05) is 24.3 Å². The molecule has 0 bridgehead atoms. The number of guanidine groups is 1. The van der Waals surface area contributed by atoms with Crippen LogP contribution in [0.4, 0.5) is 8.78 Å². The van der Waals surface area contributed by atoms with Crippen LogP contribution in [0.1, 0.15) is 21.5 Å². The van der Waals surface area contributed by atoms with Crippen LogP contribution in [0.5, 0.6) is 0 Å². The van der Waals surface area contributed by atoms with E-state index in [1.807, 2.05) is 12.1 Å². The molecule has 27 heavy (non-hydrogen) atoms. The highest BCUT2D eigenvalue weighted by atomic mass is 19.2. The third-order valence-electron chi connectivity index (χ3n) is 4.01. The van der Waals surface area contributed by atoms with Crippen LogP contribution in [0.15, 0.2) is 47.5 Å². The number of rotatable bonds is 6. The van der Waals surface area contributed by atoms with Crippen molar-refractivity contribution >= 4 is 11.9 Å². The molecule has 7 heteroatoms. The molecule has 2 aromatic rings. The lowest BCUT2D eigenvalue weighted by Gasteiger charge is -2.13. The molecule has 0 aromatic heterocycles. The van der Waals surface area contributed by atoms with Gasteiger partial charge in [0, 0.05) is 39.8 Å².